The van der Waals surface area contributed by atoms with E-state index in [2.05, 4.69) is 20.8 Å². The van der Waals surface area contributed by atoms with Crippen LogP contribution in [0.25, 0.3) is 22.0 Å². The van der Waals surface area contributed by atoms with E-state index >= 15 is 0 Å². The third-order valence-corrected chi connectivity index (χ3v) is 4.50. The Balaban J connectivity index is 1.60. The van der Waals surface area contributed by atoms with Gasteiger partial charge in [-0.3, -0.25) is 4.79 Å². The van der Waals surface area contributed by atoms with Gasteiger partial charge in [0.15, 0.2) is 12.4 Å². The molecule has 1 amide bonds. The second-order valence-electron chi connectivity index (χ2n) is 6.42. The molecule has 0 atom stereocenters. The van der Waals surface area contributed by atoms with Gasteiger partial charge in [0.25, 0.3) is 5.91 Å². The standard InChI is InChI=1S/C23H20N4O2/c1-24-21(28)15-29-18-13-11-17(12-14-18)25-23-20-10-6-5-9-19(20)22(26-27-23)16-7-3-2-4-8-16/h2-14H,15H2,1H3,(H,24,28)(H,25,27). The summed E-state index contributed by atoms with van der Waals surface area (Å²) >= 11 is 0. The molecule has 29 heavy (non-hydrogen) atoms. The van der Waals surface area contributed by atoms with Crippen molar-refractivity contribution in [1.29, 1.82) is 0 Å². The summed E-state index contributed by atoms with van der Waals surface area (Å²) in [7, 11) is 1.58. The maximum atomic E-state index is 11.3. The van der Waals surface area contributed by atoms with E-state index in [4.69, 9.17) is 4.74 Å². The molecular formula is C23H20N4O2. The van der Waals surface area contributed by atoms with E-state index < -0.39 is 0 Å². The lowest BCUT2D eigenvalue weighted by Crippen LogP contribution is -2.24. The maximum Gasteiger partial charge on any atom is 0.257 e. The zero-order valence-electron chi connectivity index (χ0n) is 15.9. The predicted octanol–water partition coefficient (Wildman–Crippen LogP) is 4.17. The van der Waals surface area contributed by atoms with E-state index in [1.807, 2.05) is 66.7 Å². The first-order valence-corrected chi connectivity index (χ1v) is 9.26. The molecule has 0 aliphatic rings. The number of carbonyl (C=O) groups excluding carboxylic acids is 1. The summed E-state index contributed by atoms with van der Waals surface area (Å²) in [6, 6.07) is 25.4. The van der Waals surface area contributed by atoms with Crippen LogP contribution in [0.2, 0.25) is 0 Å². The van der Waals surface area contributed by atoms with Gasteiger partial charge in [0.05, 0.1) is 0 Å². The highest BCUT2D eigenvalue weighted by Gasteiger charge is 2.11. The SMILES string of the molecule is CNC(=O)COc1ccc(Nc2nnc(-c3ccccc3)c3ccccc23)cc1. The highest BCUT2D eigenvalue weighted by molar-refractivity contribution is 6.00. The van der Waals surface area contributed by atoms with Crippen molar-refractivity contribution >= 4 is 28.2 Å². The summed E-state index contributed by atoms with van der Waals surface area (Å²) < 4.78 is 5.43. The molecule has 3 aromatic carbocycles. The molecule has 0 aliphatic carbocycles. The van der Waals surface area contributed by atoms with Crippen LogP contribution < -0.4 is 15.4 Å². The van der Waals surface area contributed by atoms with Crippen LogP contribution in [-0.2, 0) is 4.79 Å². The number of hydrogen-bond acceptors (Lipinski definition) is 5. The molecule has 144 valence electrons. The zero-order valence-corrected chi connectivity index (χ0v) is 15.9. The van der Waals surface area contributed by atoms with Gasteiger partial charge >= 0.3 is 0 Å². The maximum absolute atomic E-state index is 11.3. The molecule has 2 N–H and O–H groups in total. The lowest BCUT2D eigenvalue weighted by Gasteiger charge is -2.12. The molecule has 6 nitrogen and oxygen atoms in total. The molecule has 0 saturated carbocycles. The number of benzene rings is 3. The van der Waals surface area contributed by atoms with E-state index in [0.29, 0.717) is 11.6 Å². The predicted molar refractivity (Wildman–Crippen MR) is 114 cm³/mol. The molecule has 0 unspecified atom stereocenters. The molecule has 4 aromatic rings. The van der Waals surface area contributed by atoms with Gasteiger partial charge < -0.3 is 15.4 Å². The van der Waals surface area contributed by atoms with E-state index in [9.17, 15) is 4.79 Å². The van der Waals surface area contributed by atoms with Crippen molar-refractivity contribution in [2.45, 2.75) is 0 Å². The summed E-state index contributed by atoms with van der Waals surface area (Å²) in [6.07, 6.45) is 0. The van der Waals surface area contributed by atoms with Crippen molar-refractivity contribution in [2.24, 2.45) is 0 Å². The third kappa shape index (κ3) is 4.16. The van der Waals surface area contributed by atoms with Crippen molar-refractivity contribution in [2.75, 3.05) is 19.0 Å². The number of fused-ring (bicyclic) bond motifs is 1. The van der Waals surface area contributed by atoms with Crippen LogP contribution in [0.15, 0.2) is 78.9 Å². The van der Waals surface area contributed by atoms with Crippen LogP contribution in [0.5, 0.6) is 5.75 Å². The summed E-state index contributed by atoms with van der Waals surface area (Å²) in [6.45, 7) is -0.0136. The van der Waals surface area contributed by atoms with Crippen molar-refractivity contribution in [1.82, 2.24) is 15.5 Å². The van der Waals surface area contributed by atoms with E-state index in [1.54, 1.807) is 19.2 Å². The molecule has 0 spiro atoms. The van der Waals surface area contributed by atoms with Crippen LogP contribution in [0.4, 0.5) is 11.5 Å². The molecule has 0 radical (unpaired) electrons. The quantitative estimate of drug-likeness (QED) is 0.522. The van der Waals surface area contributed by atoms with Crippen LogP contribution in [0.1, 0.15) is 0 Å². The fourth-order valence-corrected chi connectivity index (χ4v) is 3.00. The average Bonchev–Trinajstić information content (AvgIpc) is 2.79. The molecule has 0 saturated heterocycles. The van der Waals surface area contributed by atoms with Crippen LogP contribution >= 0.6 is 0 Å². The molecule has 6 heteroatoms. The van der Waals surface area contributed by atoms with Crippen LogP contribution in [0.3, 0.4) is 0 Å². The van der Waals surface area contributed by atoms with Gasteiger partial charge in [-0.2, -0.15) is 0 Å². The van der Waals surface area contributed by atoms with Crippen LogP contribution in [-0.4, -0.2) is 29.8 Å². The molecule has 1 aromatic heterocycles. The number of likely N-dealkylation sites (N-methyl/N-ethyl adjacent to an activating group) is 1. The molecule has 0 bridgehead atoms. The first kappa shape index (κ1) is 18.4. The summed E-state index contributed by atoms with van der Waals surface area (Å²) in [5, 5.41) is 16.8. The number of hydrogen-bond donors (Lipinski definition) is 2. The number of carbonyl (C=O) groups is 1. The van der Waals surface area contributed by atoms with E-state index in [0.717, 1.165) is 27.7 Å². The van der Waals surface area contributed by atoms with Crippen molar-refractivity contribution in [3.8, 4) is 17.0 Å². The Hall–Kier alpha value is -3.93. The number of nitrogens with one attached hydrogen (secondary N) is 2. The lowest BCUT2D eigenvalue weighted by molar-refractivity contribution is -0.122. The minimum absolute atomic E-state index is 0.0136. The smallest absolute Gasteiger partial charge is 0.257 e. The minimum Gasteiger partial charge on any atom is -0.484 e. The second kappa shape index (κ2) is 8.39. The molecule has 4 rings (SSSR count). The second-order valence-corrected chi connectivity index (χ2v) is 6.42. The molecule has 1 heterocycles. The van der Waals surface area contributed by atoms with Gasteiger partial charge in [0, 0.05) is 29.1 Å². The average molecular weight is 384 g/mol. The van der Waals surface area contributed by atoms with Gasteiger partial charge in [0.2, 0.25) is 0 Å². The summed E-state index contributed by atoms with van der Waals surface area (Å²) in [5.41, 5.74) is 2.73. The topological polar surface area (TPSA) is 76.1 Å². The summed E-state index contributed by atoms with van der Waals surface area (Å²) in [4.78, 5) is 11.3. The van der Waals surface area contributed by atoms with Crippen molar-refractivity contribution in [3.05, 3.63) is 78.9 Å². The lowest BCUT2D eigenvalue weighted by atomic mass is 10.0. The first-order chi connectivity index (χ1) is 14.2. The van der Waals surface area contributed by atoms with Gasteiger partial charge in [-0.1, -0.05) is 54.6 Å². The normalized spacial score (nSPS) is 10.5. The Morgan fingerprint density at radius 2 is 1.55 bits per heavy atom. The Bertz CT molecular complexity index is 1130. The fraction of sp³-hybridized carbons (Fsp3) is 0.0870. The number of anilines is 2. The van der Waals surface area contributed by atoms with Gasteiger partial charge in [0.1, 0.15) is 11.4 Å². The third-order valence-electron chi connectivity index (χ3n) is 4.50. The highest BCUT2D eigenvalue weighted by atomic mass is 16.5. The first-order valence-electron chi connectivity index (χ1n) is 9.26. The van der Waals surface area contributed by atoms with Gasteiger partial charge in [-0.05, 0) is 24.3 Å². The van der Waals surface area contributed by atoms with Gasteiger partial charge in [-0.15, -0.1) is 10.2 Å². The number of nitrogens with zero attached hydrogens (tertiary/aromatic N) is 2. The minimum atomic E-state index is -0.174. The Morgan fingerprint density at radius 1 is 0.862 bits per heavy atom. The van der Waals surface area contributed by atoms with E-state index in [1.165, 1.54) is 0 Å². The zero-order chi connectivity index (χ0) is 20.1. The van der Waals surface area contributed by atoms with Crippen LogP contribution in [0, 0.1) is 0 Å². The van der Waals surface area contributed by atoms with Crippen molar-refractivity contribution < 1.29 is 9.53 Å². The van der Waals surface area contributed by atoms with Gasteiger partial charge in [-0.25, -0.2) is 0 Å². The summed E-state index contributed by atoms with van der Waals surface area (Å²) in [5.74, 6) is 1.13. The fourth-order valence-electron chi connectivity index (χ4n) is 3.00. The molecule has 0 fully saturated rings. The largest absolute Gasteiger partial charge is 0.484 e. The van der Waals surface area contributed by atoms with E-state index in [-0.39, 0.29) is 12.5 Å². The Morgan fingerprint density at radius 3 is 2.28 bits per heavy atom. The molecule has 0 aliphatic heterocycles. The number of ether oxygens (including phenoxy) is 1. The Labute approximate surface area is 168 Å². The monoisotopic (exact) mass is 384 g/mol. The number of rotatable bonds is 6. The van der Waals surface area contributed by atoms with Crippen molar-refractivity contribution in [3.63, 3.8) is 0 Å². The number of aromatic nitrogens is 2. The number of amides is 1. The molecular weight excluding hydrogens is 364 g/mol. The highest BCUT2D eigenvalue weighted by Crippen LogP contribution is 2.31. The Kier molecular flexibility index (Phi) is 5.33.